The quantitative estimate of drug-likeness (QED) is 0.385. The summed E-state index contributed by atoms with van der Waals surface area (Å²) in [5, 5.41) is 2.21. The van der Waals surface area contributed by atoms with Gasteiger partial charge >= 0.3 is 6.18 Å². The van der Waals surface area contributed by atoms with E-state index in [9.17, 15) is 27.6 Å². The van der Waals surface area contributed by atoms with Crippen LogP contribution in [0.4, 0.5) is 23.1 Å². The van der Waals surface area contributed by atoms with Crippen molar-refractivity contribution in [3.8, 4) is 0 Å². The summed E-state index contributed by atoms with van der Waals surface area (Å²) in [6.07, 6.45) is -1.70. The molecule has 0 bridgehead atoms. The SMILES string of the molecule is O=C(CN1C(=O)S/C(=C\c2ccccc2)C1=O)Nc1ncc(Cc2cc(Cl)ccc2C(F)(F)F)s1. The van der Waals surface area contributed by atoms with Crippen LogP contribution in [0.3, 0.4) is 0 Å². The van der Waals surface area contributed by atoms with Crippen molar-refractivity contribution in [2.75, 3.05) is 11.9 Å². The Bertz CT molecular complexity index is 1330. The second-order valence-corrected chi connectivity index (χ2v) is 9.88. The Morgan fingerprint density at radius 2 is 1.89 bits per heavy atom. The number of hydrogen-bond donors (Lipinski definition) is 1. The maximum atomic E-state index is 13.3. The van der Waals surface area contributed by atoms with Crippen LogP contribution in [0.15, 0.2) is 59.6 Å². The van der Waals surface area contributed by atoms with Gasteiger partial charge in [-0.2, -0.15) is 13.2 Å². The van der Waals surface area contributed by atoms with Crippen molar-refractivity contribution in [2.24, 2.45) is 0 Å². The zero-order valence-electron chi connectivity index (χ0n) is 17.6. The topological polar surface area (TPSA) is 79.4 Å². The van der Waals surface area contributed by atoms with E-state index in [2.05, 4.69) is 10.3 Å². The minimum atomic E-state index is -4.54. The Labute approximate surface area is 210 Å². The van der Waals surface area contributed by atoms with Gasteiger partial charge < -0.3 is 5.32 Å². The minimum Gasteiger partial charge on any atom is -0.300 e. The summed E-state index contributed by atoms with van der Waals surface area (Å²) >= 11 is 7.59. The van der Waals surface area contributed by atoms with Crippen LogP contribution in [-0.2, 0) is 22.2 Å². The van der Waals surface area contributed by atoms with Gasteiger partial charge in [0.2, 0.25) is 5.91 Å². The molecule has 6 nitrogen and oxygen atoms in total. The second kappa shape index (κ2) is 10.2. The Morgan fingerprint density at radius 1 is 1.14 bits per heavy atom. The summed E-state index contributed by atoms with van der Waals surface area (Å²) in [7, 11) is 0. The normalized spacial score (nSPS) is 15.2. The summed E-state index contributed by atoms with van der Waals surface area (Å²) in [4.78, 5) is 42.8. The van der Waals surface area contributed by atoms with Crippen LogP contribution in [0.2, 0.25) is 5.02 Å². The monoisotopic (exact) mass is 537 g/mol. The molecule has 1 aliphatic rings. The van der Waals surface area contributed by atoms with E-state index in [0.717, 1.165) is 39.6 Å². The van der Waals surface area contributed by atoms with E-state index in [1.165, 1.54) is 18.3 Å². The van der Waals surface area contributed by atoms with E-state index in [1.54, 1.807) is 30.3 Å². The van der Waals surface area contributed by atoms with Crippen molar-refractivity contribution in [1.82, 2.24) is 9.88 Å². The van der Waals surface area contributed by atoms with E-state index in [4.69, 9.17) is 11.6 Å². The molecule has 1 aromatic heterocycles. The number of thioether (sulfide) groups is 1. The number of thiazole rings is 1. The highest BCUT2D eigenvalue weighted by atomic mass is 35.5. The molecule has 0 unspecified atom stereocenters. The molecule has 2 heterocycles. The van der Waals surface area contributed by atoms with Crippen LogP contribution in [0.25, 0.3) is 6.08 Å². The molecule has 4 rings (SSSR count). The van der Waals surface area contributed by atoms with Crippen molar-refractivity contribution in [2.45, 2.75) is 12.6 Å². The third-order valence-electron chi connectivity index (χ3n) is 4.81. The van der Waals surface area contributed by atoms with Gasteiger partial charge in [-0.25, -0.2) is 4.98 Å². The number of halogens is 4. The fourth-order valence-electron chi connectivity index (χ4n) is 3.26. The summed E-state index contributed by atoms with van der Waals surface area (Å²) in [5.74, 6) is -1.24. The van der Waals surface area contributed by atoms with Crippen molar-refractivity contribution in [3.05, 3.63) is 86.2 Å². The van der Waals surface area contributed by atoms with Crippen LogP contribution in [-0.4, -0.2) is 33.5 Å². The van der Waals surface area contributed by atoms with E-state index in [-0.39, 0.29) is 27.0 Å². The fraction of sp³-hybridized carbons (Fsp3) is 0.130. The molecule has 0 spiro atoms. The molecule has 0 aliphatic carbocycles. The first kappa shape index (κ1) is 25.0. The average molecular weight is 538 g/mol. The molecule has 0 radical (unpaired) electrons. The molecule has 12 heteroatoms. The number of imide groups is 1. The van der Waals surface area contributed by atoms with Gasteiger partial charge in [0.05, 0.1) is 10.5 Å². The lowest BCUT2D eigenvalue weighted by Gasteiger charge is -2.12. The van der Waals surface area contributed by atoms with E-state index in [1.807, 2.05) is 6.07 Å². The smallest absolute Gasteiger partial charge is 0.300 e. The molecule has 180 valence electrons. The van der Waals surface area contributed by atoms with Gasteiger partial charge in [0.15, 0.2) is 5.13 Å². The molecule has 1 saturated heterocycles. The Hall–Kier alpha value is -3.15. The largest absolute Gasteiger partial charge is 0.416 e. The number of anilines is 1. The Kier molecular flexibility index (Phi) is 7.29. The number of benzene rings is 2. The third-order valence-corrected chi connectivity index (χ3v) is 6.87. The summed E-state index contributed by atoms with van der Waals surface area (Å²) in [6, 6.07) is 12.3. The van der Waals surface area contributed by atoms with Gasteiger partial charge in [-0.3, -0.25) is 19.3 Å². The first-order valence-corrected chi connectivity index (χ1v) is 12.0. The number of rotatable bonds is 6. The van der Waals surface area contributed by atoms with Crippen LogP contribution >= 0.6 is 34.7 Å². The number of carbonyl (C=O) groups is 3. The molecular weight excluding hydrogens is 523 g/mol. The van der Waals surface area contributed by atoms with Crippen LogP contribution < -0.4 is 5.32 Å². The van der Waals surface area contributed by atoms with Gasteiger partial charge in [0, 0.05) is 22.5 Å². The molecule has 3 aromatic rings. The highest BCUT2D eigenvalue weighted by Gasteiger charge is 2.36. The lowest BCUT2D eigenvalue weighted by molar-refractivity contribution is -0.138. The summed E-state index contributed by atoms with van der Waals surface area (Å²) in [5.41, 5.74) is -0.0792. The number of hydrogen-bond acceptors (Lipinski definition) is 6. The average Bonchev–Trinajstić information content (AvgIpc) is 3.32. The van der Waals surface area contributed by atoms with Crippen molar-refractivity contribution >= 4 is 63.0 Å². The predicted octanol–water partition coefficient (Wildman–Crippen LogP) is 6.08. The van der Waals surface area contributed by atoms with Crippen LogP contribution in [0.1, 0.15) is 21.6 Å². The second-order valence-electron chi connectivity index (χ2n) is 7.33. The van der Waals surface area contributed by atoms with Crippen molar-refractivity contribution in [1.29, 1.82) is 0 Å². The molecule has 1 aliphatic heterocycles. The molecular formula is C23H15ClF3N3O3S2. The Morgan fingerprint density at radius 3 is 2.60 bits per heavy atom. The molecule has 35 heavy (non-hydrogen) atoms. The van der Waals surface area contributed by atoms with Gasteiger partial charge in [0.1, 0.15) is 6.54 Å². The molecule has 0 atom stereocenters. The predicted molar refractivity (Wildman–Crippen MR) is 129 cm³/mol. The number of carbonyl (C=O) groups excluding carboxylic acids is 3. The highest BCUT2D eigenvalue weighted by molar-refractivity contribution is 8.18. The molecule has 1 fully saturated rings. The third kappa shape index (κ3) is 6.11. The van der Waals surface area contributed by atoms with Gasteiger partial charge in [0.25, 0.3) is 11.1 Å². The number of nitrogens with zero attached hydrogens (tertiary/aromatic N) is 2. The highest BCUT2D eigenvalue weighted by Crippen LogP contribution is 2.35. The Balaban J connectivity index is 1.40. The van der Waals surface area contributed by atoms with Crippen LogP contribution in [0, 0.1) is 0 Å². The molecule has 3 amide bonds. The lowest BCUT2D eigenvalue weighted by atomic mass is 10.0. The molecule has 1 N–H and O–H groups in total. The fourth-order valence-corrected chi connectivity index (χ4v) is 5.14. The van der Waals surface area contributed by atoms with Crippen LogP contribution in [0.5, 0.6) is 0 Å². The van der Waals surface area contributed by atoms with E-state index >= 15 is 0 Å². The molecule has 0 saturated carbocycles. The number of amides is 3. The number of nitrogens with one attached hydrogen (secondary N) is 1. The standard InChI is InChI=1S/C23H15ClF3N3O3S2/c24-15-6-7-17(23(25,26)27)14(9-15)10-16-11-28-21(34-16)29-19(31)12-30-20(32)18(35-22(30)33)8-13-4-2-1-3-5-13/h1-9,11H,10,12H2,(H,28,29,31)/b18-8-. The molecule has 2 aromatic carbocycles. The first-order chi connectivity index (χ1) is 16.6. The summed E-state index contributed by atoms with van der Waals surface area (Å²) in [6.45, 7) is -0.516. The summed E-state index contributed by atoms with van der Waals surface area (Å²) < 4.78 is 39.9. The van der Waals surface area contributed by atoms with Gasteiger partial charge in [-0.05, 0) is 47.2 Å². The number of aromatic nitrogens is 1. The first-order valence-electron chi connectivity index (χ1n) is 10.0. The van der Waals surface area contributed by atoms with Crippen molar-refractivity contribution in [3.63, 3.8) is 0 Å². The zero-order chi connectivity index (χ0) is 25.2. The van der Waals surface area contributed by atoms with Crippen molar-refractivity contribution < 1.29 is 27.6 Å². The van der Waals surface area contributed by atoms with E-state index in [0.29, 0.717) is 4.88 Å². The zero-order valence-corrected chi connectivity index (χ0v) is 20.0. The maximum absolute atomic E-state index is 13.3. The van der Waals surface area contributed by atoms with Gasteiger partial charge in [-0.15, -0.1) is 11.3 Å². The maximum Gasteiger partial charge on any atom is 0.416 e. The number of alkyl halides is 3. The lowest BCUT2D eigenvalue weighted by Crippen LogP contribution is -2.36. The minimum absolute atomic E-state index is 0.0189. The van der Waals surface area contributed by atoms with Gasteiger partial charge in [-0.1, -0.05) is 41.9 Å². The van der Waals surface area contributed by atoms with E-state index < -0.39 is 35.3 Å².